The average molecular weight is 283 g/mol. The van der Waals surface area contributed by atoms with E-state index in [-0.39, 0.29) is 0 Å². The van der Waals surface area contributed by atoms with Gasteiger partial charge >= 0.3 is 0 Å². The number of fused-ring (bicyclic) bond motifs is 1. The highest BCUT2D eigenvalue weighted by molar-refractivity contribution is 9.09. The molecule has 1 aliphatic heterocycles. The monoisotopic (exact) mass is 282 g/mol. The summed E-state index contributed by atoms with van der Waals surface area (Å²) in [4.78, 5) is 0.505. The van der Waals surface area contributed by atoms with E-state index in [9.17, 15) is 0 Å². The SMILES string of the molecule is CCCCCC(Br)c1ccc2c(c1)CCO2. The Hall–Kier alpha value is -0.500. The van der Waals surface area contributed by atoms with E-state index in [1.54, 1.807) is 0 Å². The topological polar surface area (TPSA) is 9.23 Å². The van der Waals surface area contributed by atoms with Gasteiger partial charge in [-0.1, -0.05) is 54.2 Å². The lowest BCUT2D eigenvalue weighted by molar-refractivity contribution is 0.357. The van der Waals surface area contributed by atoms with Crippen LogP contribution < -0.4 is 4.74 Å². The molecule has 1 heterocycles. The van der Waals surface area contributed by atoms with Gasteiger partial charge in [0.2, 0.25) is 0 Å². The van der Waals surface area contributed by atoms with Gasteiger partial charge in [0.15, 0.2) is 0 Å². The van der Waals surface area contributed by atoms with Crippen molar-refractivity contribution in [2.45, 2.75) is 43.9 Å². The van der Waals surface area contributed by atoms with Gasteiger partial charge in [0.25, 0.3) is 0 Å². The Kier molecular flexibility index (Phi) is 4.28. The molecule has 2 heteroatoms. The van der Waals surface area contributed by atoms with E-state index in [1.807, 2.05) is 0 Å². The Morgan fingerprint density at radius 3 is 3.06 bits per heavy atom. The predicted octanol–water partition coefficient (Wildman–Crippen LogP) is 4.64. The lowest BCUT2D eigenvalue weighted by Gasteiger charge is -2.11. The molecule has 0 bridgehead atoms. The van der Waals surface area contributed by atoms with Crippen LogP contribution in [0.15, 0.2) is 18.2 Å². The normalized spacial score (nSPS) is 15.6. The Labute approximate surface area is 106 Å². The summed E-state index contributed by atoms with van der Waals surface area (Å²) in [5.41, 5.74) is 2.78. The number of ether oxygens (including phenoxy) is 1. The van der Waals surface area contributed by atoms with Gasteiger partial charge in [0, 0.05) is 11.2 Å². The van der Waals surface area contributed by atoms with Gasteiger partial charge in [0.05, 0.1) is 6.61 Å². The highest BCUT2D eigenvalue weighted by Crippen LogP contribution is 2.33. The lowest BCUT2D eigenvalue weighted by Crippen LogP contribution is -1.91. The molecule has 2 rings (SSSR count). The third-order valence-electron chi connectivity index (χ3n) is 3.14. The maximum atomic E-state index is 5.52. The van der Waals surface area contributed by atoms with Crippen LogP contribution in [0.2, 0.25) is 0 Å². The summed E-state index contributed by atoms with van der Waals surface area (Å²) in [7, 11) is 0. The van der Waals surface area contributed by atoms with Gasteiger partial charge in [0.1, 0.15) is 5.75 Å². The van der Waals surface area contributed by atoms with Crippen molar-refractivity contribution in [3.8, 4) is 5.75 Å². The van der Waals surface area contributed by atoms with Gasteiger partial charge in [-0.15, -0.1) is 0 Å². The van der Waals surface area contributed by atoms with Gasteiger partial charge in [-0.05, 0) is 23.6 Å². The van der Waals surface area contributed by atoms with Crippen LogP contribution in [0.4, 0.5) is 0 Å². The fraction of sp³-hybridized carbons (Fsp3) is 0.571. The molecule has 1 atom stereocenters. The standard InChI is InChI=1S/C14H19BrO/c1-2-3-4-5-13(15)11-6-7-14-12(10-11)8-9-16-14/h6-7,10,13H,2-5,8-9H2,1H3. The number of halogens is 1. The van der Waals surface area contributed by atoms with Gasteiger partial charge in [-0.3, -0.25) is 0 Å². The van der Waals surface area contributed by atoms with Crippen molar-refractivity contribution < 1.29 is 4.74 Å². The lowest BCUT2D eigenvalue weighted by atomic mass is 10.0. The Bertz CT molecular complexity index is 349. The summed E-state index contributed by atoms with van der Waals surface area (Å²) in [5, 5.41) is 0. The van der Waals surface area contributed by atoms with Crippen LogP contribution in [0, 0.1) is 0 Å². The second-order valence-electron chi connectivity index (χ2n) is 4.43. The molecular weight excluding hydrogens is 264 g/mol. The summed E-state index contributed by atoms with van der Waals surface area (Å²) in [6.45, 7) is 3.09. The molecule has 1 aromatic carbocycles. The largest absolute Gasteiger partial charge is 0.493 e. The van der Waals surface area contributed by atoms with E-state index in [1.165, 1.54) is 36.8 Å². The maximum absolute atomic E-state index is 5.52. The number of alkyl halides is 1. The van der Waals surface area contributed by atoms with Gasteiger partial charge in [-0.2, -0.15) is 0 Å². The van der Waals surface area contributed by atoms with E-state index in [4.69, 9.17) is 4.74 Å². The molecular formula is C14H19BrO. The third kappa shape index (κ3) is 2.79. The minimum atomic E-state index is 0.505. The number of benzene rings is 1. The van der Waals surface area contributed by atoms with Crippen LogP contribution in [0.1, 0.15) is 48.6 Å². The first kappa shape index (κ1) is 12.0. The Morgan fingerprint density at radius 1 is 1.38 bits per heavy atom. The zero-order valence-corrected chi connectivity index (χ0v) is 11.4. The van der Waals surface area contributed by atoms with Gasteiger partial charge < -0.3 is 4.74 Å². The molecule has 0 amide bonds. The molecule has 1 unspecified atom stereocenters. The summed E-state index contributed by atoms with van der Waals surface area (Å²) >= 11 is 3.78. The molecule has 16 heavy (non-hydrogen) atoms. The van der Waals surface area contributed by atoms with Crippen molar-refractivity contribution in [1.29, 1.82) is 0 Å². The summed E-state index contributed by atoms with van der Waals surface area (Å²) in [6.07, 6.45) is 6.22. The second kappa shape index (κ2) is 5.72. The average Bonchev–Trinajstić information content (AvgIpc) is 2.76. The highest BCUT2D eigenvalue weighted by atomic mass is 79.9. The van der Waals surface area contributed by atoms with Crippen molar-refractivity contribution in [2.75, 3.05) is 6.61 Å². The van der Waals surface area contributed by atoms with Crippen LogP contribution in [0.5, 0.6) is 5.75 Å². The fourth-order valence-corrected chi connectivity index (χ4v) is 2.75. The number of hydrogen-bond acceptors (Lipinski definition) is 1. The van der Waals surface area contributed by atoms with Crippen LogP contribution in [-0.2, 0) is 6.42 Å². The smallest absolute Gasteiger partial charge is 0.122 e. The third-order valence-corrected chi connectivity index (χ3v) is 4.12. The molecule has 0 fully saturated rings. The zero-order valence-electron chi connectivity index (χ0n) is 9.84. The van der Waals surface area contributed by atoms with Gasteiger partial charge in [-0.25, -0.2) is 0 Å². The van der Waals surface area contributed by atoms with Crippen molar-refractivity contribution in [3.05, 3.63) is 29.3 Å². The van der Waals surface area contributed by atoms with Crippen molar-refractivity contribution >= 4 is 15.9 Å². The van der Waals surface area contributed by atoms with E-state index in [0.717, 1.165) is 18.8 Å². The zero-order chi connectivity index (χ0) is 11.4. The first-order chi connectivity index (χ1) is 7.81. The van der Waals surface area contributed by atoms with E-state index < -0.39 is 0 Å². The van der Waals surface area contributed by atoms with E-state index in [0.29, 0.717) is 4.83 Å². The predicted molar refractivity (Wildman–Crippen MR) is 71.5 cm³/mol. The van der Waals surface area contributed by atoms with E-state index >= 15 is 0 Å². The van der Waals surface area contributed by atoms with Crippen molar-refractivity contribution in [3.63, 3.8) is 0 Å². The molecule has 1 nitrogen and oxygen atoms in total. The van der Waals surface area contributed by atoms with Crippen LogP contribution in [-0.4, -0.2) is 6.61 Å². The minimum absolute atomic E-state index is 0.505. The Morgan fingerprint density at radius 2 is 2.25 bits per heavy atom. The molecule has 0 saturated carbocycles. The summed E-state index contributed by atoms with van der Waals surface area (Å²) in [5.74, 6) is 1.08. The number of hydrogen-bond donors (Lipinski definition) is 0. The molecule has 0 aromatic heterocycles. The molecule has 0 saturated heterocycles. The molecule has 0 aliphatic carbocycles. The number of unbranched alkanes of at least 4 members (excludes halogenated alkanes) is 2. The van der Waals surface area contributed by atoms with Crippen LogP contribution in [0.3, 0.4) is 0 Å². The molecule has 0 N–H and O–H groups in total. The number of rotatable bonds is 5. The highest BCUT2D eigenvalue weighted by Gasteiger charge is 2.14. The molecule has 88 valence electrons. The van der Waals surface area contributed by atoms with Crippen molar-refractivity contribution in [1.82, 2.24) is 0 Å². The first-order valence-corrected chi connectivity index (χ1v) is 7.12. The quantitative estimate of drug-likeness (QED) is 0.565. The first-order valence-electron chi connectivity index (χ1n) is 6.21. The van der Waals surface area contributed by atoms with Crippen LogP contribution in [0.25, 0.3) is 0 Å². The molecule has 1 aliphatic rings. The fourth-order valence-electron chi connectivity index (χ4n) is 2.14. The minimum Gasteiger partial charge on any atom is -0.493 e. The van der Waals surface area contributed by atoms with E-state index in [2.05, 4.69) is 41.1 Å². The second-order valence-corrected chi connectivity index (χ2v) is 5.53. The molecule has 1 aromatic rings. The molecule has 0 spiro atoms. The summed E-state index contributed by atoms with van der Waals surface area (Å²) in [6, 6.07) is 6.61. The summed E-state index contributed by atoms with van der Waals surface area (Å²) < 4.78 is 5.52. The van der Waals surface area contributed by atoms with Crippen LogP contribution >= 0.6 is 15.9 Å². The van der Waals surface area contributed by atoms with Crippen molar-refractivity contribution in [2.24, 2.45) is 0 Å². The maximum Gasteiger partial charge on any atom is 0.122 e. The Balaban J connectivity index is 1.98. The molecule has 0 radical (unpaired) electrons.